The first kappa shape index (κ1) is 16.0. The number of likely N-dealkylation sites (tertiary alicyclic amines) is 1. The standard InChI is InChI=1S/C18H25N3O2/c1-13-5-2-3-10-21(13)12-17(22)19-16-7-4-6-14(11-16)18(23)20-15-8-9-15/h4,6-7,11,13,15H,2-3,5,8-10,12H2,1H3,(H,19,22)(H,20,23). The van der Waals surface area contributed by atoms with Gasteiger partial charge in [-0.1, -0.05) is 12.5 Å². The monoisotopic (exact) mass is 315 g/mol. The van der Waals surface area contributed by atoms with E-state index in [1.54, 1.807) is 18.2 Å². The molecule has 0 radical (unpaired) electrons. The maximum absolute atomic E-state index is 12.2. The van der Waals surface area contributed by atoms with Crippen molar-refractivity contribution >= 4 is 17.5 Å². The van der Waals surface area contributed by atoms with Gasteiger partial charge in [0, 0.05) is 23.3 Å². The van der Waals surface area contributed by atoms with E-state index in [0.717, 1.165) is 32.2 Å². The Morgan fingerprint density at radius 2 is 2.04 bits per heavy atom. The lowest BCUT2D eigenvalue weighted by Crippen LogP contribution is -2.42. The molecule has 124 valence electrons. The summed E-state index contributed by atoms with van der Waals surface area (Å²) in [5.41, 5.74) is 1.28. The number of nitrogens with one attached hydrogen (secondary N) is 2. The fourth-order valence-corrected chi connectivity index (χ4v) is 3.01. The predicted molar refractivity (Wildman–Crippen MR) is 90.4 cm³/mol. The Balaban J connectivity index is 1.56. The fraction of sp³-hybridized carbons (Fsp3) is 0.556. The van der Waals surface area contributed by atoms with E-state index in [2.05, 4.69) is 22.5 Å². The average Bonchev–Trinajstić information content (AvgIpc) is 3.34. The molecular weight excluding hydrogens is 290 g/mol. The summed E-state index contributed by atoms with van der Waals surface area (Å²) >= 11 is 0. The van der Waals surface area contributed by atoms with Gasteiger partial charge in [-0.2, -0.15) is 0 Å². The molecule has 1 aliphatic heterocycles. The maximum atomic E-state index is 12.2. The third-order valence-corrected chi connectivity index (χ3v) is 4.61. The van der Waals surface area contributed by atoms with Gasteiger partial charge in [-0.15, -0.1) is 0 Å². The Bertz CT molecular complexity index is 583. The molecule has 1 aromatic rings. The number of piperidine rings is 1. The van der Waals surface area contributed by atoms with Crippen molar-refractivity contribution in [2.45, 2.75) is 51.1 Å². The zero-order chi connectivity index (χ0) is 16.2. The van der Waals surface area contributed by atoms with E-state index in [1.165, 1.54) is 6.42 Å². The zero-order valence-electron chi connectivity index (χ0n) is 13.7. The highest BCUT2D eigenvalue weighted by Crippen LogP contribution is 2.20. The van der Waals surface area contributed by atoms with Crippen LogP contribution in [0.5, 0.6) is 0 Å². The van der Waals surface area contributed by atoms with Gasteiger partial charge in [0.25, 0.3) is 5.91 Å². The lowest BCUT2D eigenvalue weighted by molar-refractivity contribution is -0.118. The number of nitrogens with zero attached hydrogens (tertiary/aromatic N) is 1. The number of amides is 2. The Kier molecular flexibility index (Phi) is 4.96. The minimum atomic E-state index is -0.0618. The molecule has 1 unspecified atom stereocenters. The van der Waals surface area contributed by atoms with Crippen LogP contribution in [0.3, 0.4) is 0 Å². The number of rotatable bonds is 5. The van der Waals surface area contributed by atoms with E-state index >= 15 is 0 Å². The van der Waals surface area contributed by atoms with E-state index in [-0.39, 0.29) is 11.8 Å². The minimum absolute atomic E-state index is 0.0153. The Morgan fingerprint density at radius 3 is 2.78 bits per heavy atom. The van der Waals surface area contributed by atoms with Crippen LogP contribution in [0.25, 0.3) is 0 Å². The first-order valence-corrected chi connectivity index (χ1v) is 8.56. The van der Waals surface area contributed by atoms with Crippen molar-refractivity contribution < 1.29 is 9.59 Å². The van der Waals surface area contributed by atoms with Gasteiger partial charge in [-0.05, 0) is 57.4 Å². The molecule has 1 saturated heterocycles. The van der Waals surface area contributed by atoms with E-state index in [0.29, 0.717) is 29.9 Å². The molecule has 2 N–H and O–H groups in total. The van der Waals surface area contributed by atoms with Crippen molar-refractivity contribution in [1.82, 2.24) is 10.2 Å². The topological polar surface area (TPSA) is 61.4 Å². The summed E-state index contributed by atoms with van der Waals surface area (Å²) < 4.78 is 0. The molecule has 1 heterocycles. The normalized spacial score (nSPS) is 21.7. The highest BCUT2D eigenvalue weighted by molar-refractivity contribution is 5.97. The molecule has 2 fully saturated rings. The molecule has 0 bridgehead atoms. The summed E-state index contributed by atoms with van der Waals surface area (Å²) in [5.74, 6) is -0.0771. The molecule has 23 heavy (non-hydrogen) atoms. The van der Waals surface area contributed by atoms with Crippen LogP contribution < -0.4 is 10.6 Å². The van der Waals surface area contributed by atoms with Crippen LogP contribution in [-0.4, -0.2) is 41.9 Å². The van der Waals surface area contributed by atoms with Crippen molar-refractivity contribution in [2.24, 2.45) is 0 Å². The minimum Gasteiger partial charge on any atom is -0.349 e. The van der Waals surface area contributed by atoms with Crippen LogP contribution in [0.4, 0.5) is 5.69 Å². The maximum Gasteiger partial charge on any atom is 0.251 e. The highest BCUT2D eigenvalue weighted by Gasteiger charge is 2.24. The number of benzene rings is 1. The first-order valence-electron chi connectivity index (χ1n) is 8.56. The van der Waals surface area contributed by atoms with E-state index in [1.807, 2.05) is 6.07 Å². The summed E-state index contributed by atoms with van der Waals surface area (Å²) in [6.07, 6.45) is 5.70. The first-order chi connectivity index (χ1) is 11.1. The molecule has 5 heteroatoms. The van der Waals surface area contributed by atoms with E-state index in [4.69, 9.17) is 0 Å². The lowest BCUT2D eigenvalue weighted by Gasteiger charge is -2.32. The van der Waals surface area contributed by atoms with Crippen molar-refractivity contribution in [1.29, 1.82) is 0 Å². The van der Waals surface area contributed by atoms with Gasteiger partial charge in [-0.25, -0.2) is 0 Å². The Hall–Kier alpha value is -1.88. The third-order valence-electron chi connectivity index (χ3n) is 4.61. The number of hydrogen-bond acceptors (Lipinski definition) is 3. The van der Waals surface area contributed by atoms with Crippen molar-refractivity contribution in [3.05, 3.63) is 29.8 Å². The molecule has 3 rings (SSSR count). The van der Waals surface area contributed by atoms with Crippen LogP contribution in [0, 0.1) is 0 Å². The number of carbonyl (C=O) groups excluding carboxylic acids is 2. The number of anilines is 1. The zero-order valence-corrected chi connectivity index (χ0v) is 13.7. The van der Waals surface area contributed by atoms with E-state index in [9.17, 15) is 9.59 Å². The summed E-state index contributed by atoms with van der Waals surface area (Å²) in [6.45, 7) is 3.58. The summed E-state index contributed by atoms with van der Waals surface area (Å²) in [7, 11) is 0. The van der Waals surface area contributed by atoms with Crippen LogP contribution in [0.1, 0.15) is 49.4 Å². The summed E-state index contributed by atoms with van der Waals surface area (Å²) in [5, 5.41) is 5.88. The SMILES string of the molecule is CC1CCCCN1CC(=O)Nc1cccc(C(=O)NC2CC2)c1. The molecule has 0 aromatic heterocycles. The molecule has 5 nitrogen and oxygen atoms in total. The fourth-order valence-electron chi connectivity index (χ4n) is 3.01. The largest absolute Gasteiger partial charge is 0.349 e. The molecule has 1 aliphatic carbocycles. The van der Waals surface area contributed by atoms with Gasteiger partial charge in [0.2, 0.25) is 5.91 Å². The second kappa shape index (κ2) is 7.13. The quantitative estimate of drug-likeness (QED) is 0.877. The summed E-state index contributed by atoms with van der Waals surface area (Å²) in [6, 6.07) is 7.95. The molecule has 2 aliphatic rings. The summed E-state index contributed by atoms with van der Waals surface area (Å²) in [4.78, 5) is 26.5. The van der Waals surface area contributed by atoms with Crippen molar-refractivity contribution in [3.63, 3.8) is 0 Å². The van der Waals surface area contributed by atoms with Crippen LogP contribution >= 0.6 is 0 Å². The second-order valence-electron chi connectivity index (χ2n) is 6.69. The number of hydrogen-bond donors (Lipinski definition) is 2. The highest BCUT2D eigenvalue weighted by atomic mass is 16.2. The molecule has 0 spiro atoms. The third kappa shape index (κ3) is 4.55. The molecule has 2 amide bonds. The molecule has 1 aromatic carbocycles. The van der Waals surface area contributed by atoms with Crippen LogP contribution in [0.2, 0.25) is 0 Å². The average molecular weight is 315 g/mol. The van der Waals surface area contributed by atoms with Crippen LogP contribution in [0.15, 0.2) is 24.3 Å². The second-order valence-corrected chi connectivity index (χ2v) is 6.69. The Labute approximate surface area is 137 Å². The molecule has 1 atom stereocenters. The number of carbonyl (C=O) groups is 2. The van der Waals surface area contributed by atoms with Gasteiger partial charge in [0.05, 0.1) is 6.54 Å². The lowest BCUT2D eigenvalue weighted by atomic mass is 10.0. The predicted octanol–water partition coefficient (Wildman–Crippen LogP) is 2.39. The van der Waals surface area contributed by atoms with Gasteiger partial charge in [0.15, 0.2) is 0 Å². The molecule has 1 saturated carbocycles. The van der Waals surface area contributed by atoms with E-state index < -0.39 is 0 Å². The van der Waals surface area contributed by atoms with Gasteiger partial charge < -0.3 is 10.6 Å². The van der Waals surface area contributed by atoms with Crippen molar-refractivity contribution in [2.75, 3.05) is 18.4 Å². The van der Waals surface area contributed by atoms with Gasteiger partial charge >= 0.3 is 0 Å². The van der Waals surface area contributed by atoms with Gasteiger partial charge in [-0.3, -0.25) is 14.5 Å². The van der Waals surface area contributed by atoms with Gasteiger partial charge in [0.1, 0.15) is 0 Å². The smallest absolute Gasteiger partial charge is 0.251 e. The van der Waals surface area contributed by atoms with Crippen molar-refractivity contribution in [3.8, 4) is 0 Å². The van der Waals surface area contributed by atoms with Crippen LogP contribution in [-0.2, 0) is 4.79 Å². The Morgan fingerprint density at radius 1 is 1.22 bits per heavy atom. The molecular formula is C18H25N3O2.